The molecule has 112 valence electrons. The largest absolute Gasteiger partial charge is 0.396 e. The lowest BCUT2D eigenvalue weighted by atomic mass is 9.88. The van der Waals surface area contributed by atoms with E-state index in [1.54, 1.807) is 12.1 Å². The summed E-state index contributed by atoms with van der Waals surface area (Å²) in [4.78, 5) is 11.8. The van der Waals surface area contributed by atoms with Gasteiger partial charge in [0, 0.05) is 19.6 Å². The summed E-state index contributed by atoms with van der Waals surface area (Å²) in [7, 11) is 0. The van der Waals surface area contributed by atoms with Gasteiger partial charge in [0.05, 0.1) is 0 Å². The van der Waals surface area contributed by atoms with E-state index in [0.717, 1.165) is 18.4 Å². The van der Waals surface area contributed by atoms with E-state index in [0.29, 0.717) is 19.4 Å². The minimum atomic E-state index is -0.260. The minimum absolute atomic E-state index is 0.00569. The lowest BCUT2D eigenvalue weighted by Gasteiger charge is -2.24. The van der Waals surface area contributed by atoms with Crippen LogP contribution in [0.5, 0.6) is 0 Å². The monoisotopic (exact) mass is 281 g/mol. The van der Waals surface area contributed by atoms with E-state index >= 15 is 0 Å². The quantitative estimate of drug-likeness (QED) is 0.769. The highest BCUT2D eigenvalue weighted by atomic mass is 19.1. The molecule has 0 fully saturated rings. The highest BCUT2D eigenvalue weighted by molar-refractivity contribution is 5.76. The Hall–Kier alpha value is -1.42. The van der Waals surface area contributed by atoms with Crippen LogP contribution in [0.3, 0.4) is 0 Å². The number of hydrogen-bond donors (Lipinski definition) is 2. The Bertz CT molecular complexity index is 415. The van der Waals surface area contributed by atoms with Gasteiger partial charge in [0.25, 0.3) is 0 Å². The van der Waals surface area contributed by atoms with Crippen molar-refractivity contribution in [3.63, 3.8) is 0 Å². The number of aryl methyl sites for hydroxylation is 1. The summed E-state index contributed by atoms with van der Waals surface area (Å²) in [5.74, 6) is -0.254. The number of aliphatic hydroxyl groups excluding tert-OH is 1. The van der Waals surface area contributed by atoms with Gasteiger partial charge >= 0.3 is 0 Å². The third-order valence-electron chi connectivity index (χ3n) is 3.33. The second-order valence-corrected chi connectivity index (χ2v) is 5.89. The van der Waals surface area contributed by atoms with Gasteiger partial charge in [0.15, 0.2) is 0 Å². The SMILES string of the molecule is CC(C)(CCCO)CNC(=O)CCc1ccc(F)cc1. The number of amides is 1. The molecule has 0 unspecified atom stereocenters. The molecular weight excluding hydrogens is 257 g/mol. The number of carbonyl (C=O) groups excluding carboxylic acids is 1. The zero-order valence-corrected chi connectivity index (χ0v) is 12.3. The van der Waals surface area contributed by atoms with Crippen LogP contribution >= 0.6 is 0 Å². The normalized spacial score (nSPS) is 11.4. The Kier molecular flexibility index (Phi) is 6.65. The maximum atomic E-state index is 12.7. The topological polar surface area (TPSA) is 49.3 Å². The molecule has 0 aliphatic carbocycles. The van der Waals surface area contributed by atoms with Gasteiger partial charge in [-0.1, -0.05) is 26.0 Å². The summed E-state index contributed by atoms with van der Waals surface area (Å²) >= 11 is 0. The highest BCUT2D eigenvalue weighted by Crippen LogP contribution is 2.20. The van der Waals surface area contributed by atoms with Crippen LogP contribution in [-0.4, -0.2) is 24.2 Å². The van der Waals surface area contributed by atoms with Crippen molar-refractivity contribution in [2.24, 2.45) is 5.41 Å². The molecule has 3 nitrogen and oxygen atoms in total. The van der Waals surface area contributed by atoms with Crippen LogP contribution in [0, 0.1) is 11.2 Å². The molecule has 0 radical (unpaired) electrons. The molecule has 0 aromatic heterocycles. The Morgan fingerprint density at radius 2 is 1.95 bits per heavy atom. The van der Waals surface area contributed by atoms with Crippen molar-refractivity contribution in [2.45, 2.75) is 39.5 Å². The van der Waals surface area contributed by atoms with Gasteiger partial charge < -0.3 is 10.4 Å². The predicted molar refractivity (Wildman–Crippen MR) is 77.8 cm³/mol. The summed E-state index contributed by atoms with van der Waals surface area (Å²) < 4.78 is 12.7. The van der Waals surface area contributed by atoms with Crippen molar-refractivity contribution in [3.05, 3.63) is 35.6 Å². The van der Waals surface area contributed by atoms with Crippen molar-refractivity contribution >= 4 is 5.91 Å². The molecule has 2 N–H and O–H groups in total. The molecule has 0 saturated heterocycles. The van der Waals surface area contributed by atoms with Crippen molar-refractivity contribution < 1.29 is 14.3 Å². The molecule has 0 spiro atoms. The van der Waals surface area contributed by atoms with E-state index in [9.17, 15) is 9.18 Å². The van der Waals surface area contributed by atoms with Gasteiger partial charge in [0.1, 0.15) is 5.82 Å². The Morgan fingerprint density at radius 1 is 1.30 bits per heavy atom. The van der Waals surface area contributed by atoms with Crippen LogP contribution in [-0.2, 0) is 11.2 Å². The van der Waals surface area contributed by atoms with E-state index in [4.69, 9.17) is 5.11 Å². The zero-order chi connectivity index (χ0) is 15.0. The number of nitrogens with one attached hydrogen (secondary N) is 1. The number of halogens is 1. The molecule has 0 aliphatic heterocycles. The van der Waals surface area contributed by atoms with Crippen molar-refractivity contribution in [2.75, 3.05) is 13.2 Å². The third-order valence-corrected chi connectivity index (χ3v) is 3.33. The van der Waals surface area contributed by atoms with Crippen molar-refractivity contribution in [1.29, 1.82) is 0 Å². The molecule has 1 amide bonds. The van der Waals surface area contributed by atoms with Crippen molar-refractivity contribution in [3.8, 4) is 0 Å². The van der Waals surface area contributed by atoms with Crippen LogP contribution in [0.1, 0.15) is 38.7 Å². The van der Waals surface area contributed by atoms with Crippen LogP contribution < -0.4 is 5.32 Å². The van der Waals surface area contributed by atoms with Crippen LogP contribution in [0.4, 0.5) is 4.39 Å². The molecule has 0 heterocycles. The minimum Gasteiger partial charge on any atom is -0.396 e. The van der Waals surface area contributed by atoms with Gasteiger partial charge in [-0.3, -0.25) is 4.79 Å². The number of hydrogen-bond acceptors (Lipinski definition) is 2. The average Bonchev–Trinajstić information content (AvgIpc) is 2.42. The molecular formula is C16H24FNO2. The molecule has 0 aliphatic rings. The van der Waals surface area contributed by atoms with E-state index < -0.39 is 0 Å². The first-order chi connectivity index (χ1) is 9.43. The fourth-order valence-corrected chi connectivity index (χ4v) is 1.98. The van der Waals surface area contributed by atoms with Gasteiger partial charge in [-0.15, -0.1) is 0 Å². The molecule has 0 atom stereocenters. The third kappa shape index (κ3) is 6.66. The Morgan fingerprint density at radius 3 is 2.55 bits per heavy atom. The zero-order valence-electron chi connectivity index (χ0n) is 12.3. The average molecular weight is 281 g/mol. The van der Waals surface area contributed by atoms with Crippen LogP contribution in [0.15, 0.2) is 24.3 Å². The van der Waals surface area contributed by atoms with Crippen LogP contribution in [0.25, 0.3) is 0 Å². The Balaban J connectivity index is 2.28. The molecule has 1 aromatic carbocycles. The lowest BCUT2D eigenvalue weighted by Crippen LogP contribution is -2.34. The van der Waals surface area contributed by atoms with E-state index in [1.807, 2.05) is 0 Å². The first kappa shape index (κ1) is 16.6. The predicted octanol–water partition coefficient (Wildman–Crippen LogP) is 2.67. The maximum Gasteiger partial charge on any atom is 0.220 e. The second-order valence-electron chi connectivity index (χ2n) is 5.89. The first-order valence-electron chi connectivity index (χ1n) is 7.05. The van der Waals surface area contributed by atoms with Gasteiger partial charge in [-0.05, 0) is 42.4 Å². The van der Waals surface area contributed by atoms with Crippen molar-refractivity contribution in [1.82, 2.24) is 5.32 Å². The van der Waals surface area contributed by atoms with Crippen LogP contribution in [0.2, 0.25) is 0 Å². The number of benzene rings is 1. The van der Waals surface area contributed by atoms with E-state index in [2.05, 4.69) is 19.2 Å². The maximum absolute atomic E-state index is 12.7. The molecule has 1 aromatic rings. The fourth-order valence-electron chi connectivity index (χ4n) is 1.98. The van der Waals surface area contributed by atoms with E-state index in [1.165, 1.54) is 12.1 Å². The second kappa shape index (κ2) is 8.00. The molecule has 20 heavy (non-hydrogen) atoms. The van der Waals surface area contributed by atoms with E-state index in [-0.39, 0.29) is 23.7 Å². The molecule has 0 bridgehead atoms. The Labute approximate surface area is 120 Å². The highest BCUT2D eigenvalue weighted by Gasteiger charge is 2.18. The first-order valence-corrected chi connectivity index (χ1v) is 7.05. The molecule has 4 heteroatoms. The molecule has 1 rings (SSSR count). The molecule has 0 saturated carbocycles. The van der Waals surface area contributed by atoms with Gasteiger partial charge in [-0.25, -0.2) is 4.39 Å². The number of aliphatic hydroxyl groups is 1. The lowest BCUT2D eigenvalue weighted by molar-refractivity contribution is -0.121. The summed E-state index contributed by atoms with van der Waals surface area (Å²) in [6.07, 6.45) is 2.64. The van der Waals surface area contributed by atoms with Gasteiger partial charge in [-0.2, -0.15) is 0 Å². The van der Waals surface area contributed by atoms with Gasteiger partial charge in [0.2, 0.25) is 5.91 Å². The summed E-state index contributed by atoms with van der Waals surface area (Å²) in [6.45, 7) is 4.93. The number of rotatable bonds is 8. The standard InChI is InChI=1S/C16H24FNO2/c1-16(2,10-3-11-19)12-18-15(20)9-6-13-4-7-14(17)8-5-13/h4-5,7-8,19H,3,6,9-12H2,1-2H3,(H,18,20). The smallest absolute Gasteiger partial charge is 0.220 e. The fraction of sp³-hybridized carbons (Fsp3) is 0.562. The summed E-state index contributed by atoms with van der Waals surface area (Å²) in [5, 5.41) is 11.7. The summed E-state index contributed by atoms with van der Waals surface area (Å²) in [5.41, 5.74) is 0.954. The number of carbonyl (C=O) groups is 1. The summed E-state index contributed by atoms with van der Waals surface area (Å²) in [6, 6.07) is 6.22.